The lowest BCUT2D eigenvalue weighted by Crippen LogP contribution is -2.28. The van der Waals surface area contributed by atoms with Crippen molar-refractivity contribution in [3.63, 3.8) is 0 Å². The van der Waals surface area contributed by atoms with Gasteiger partial charge in [0.1, 0.15) is 5.82 Å². The lowest BCUT2D eigenvalue weighted by atomic mass is 10.2. The third kappa shape index (κ3) is 4.76. The molecule has 1 saturated heterocycles. The van der Waals surface area contributed by atoms with E-state index in [-0.39, 0.29) is 11.6 Å². The molecule has 0 bridgehead atoms. The Hall–Kier alpha value is -1.13. The van der Waals surface area contributed by atoms with Crippen LogP contribution in [0, 0.1) is 5.82 Å². The molecule has 0 atom stereocenters. The van der Waals surface area contributed by atoms with E-state index in [2.05, 4.69) is 10.2 Å². The predicted octanol–water partition coefficient (Wildman–Crippen LogP) is 3.68. The number of hydrogen-bond acceptors (Lipinski definition) is 2. The number of carbonyl (C=O) groups excluding carboxylic acids is 1. The normalized spacial score (nSPS) is 16.7. The fraction of sp³-hybridized carbons (Fsp3) is 0.533. The SMILES string of the molecule is O=C(CCN1CCCCCC1)Nc1ccc(Cl)cc1F. The molecule has 0 radical (unpaired) electrons. The molecule has 1 aromatic carbocycles. The zero-order chi connectivity index (χ0) is 14.4. The molecule has 1 heterocycles. The molecule has 110 valence electrons. The van der Waals surface area contributed by atoms with Crippen molar-refractivity contribution in [2.24, 2.45) is 0 Å². The van der Waals surface area contributed by atoms with E-state index in [1.54, 1.807) is 6.07 Å². The summed E-state index contributed by atoms with van der Waals surface area (Å²) in [6.07, 6.45) is 5.35. The summed E-state index contributed by atoms with van der Waals surface area (Å²) in [5, 5.41) is 2.92. The van der Waals surface area contributed by atoms with Crippen LogP contribution in [0.15, 0.2) is 18.2 Å². The molecule has 0 saturated carbocycles. The van der Waals surface area contributed by atoms with Gasteiger partial charge in [0.25, 0.3) is 0 Å². The topological polar surface area (TPSA) is 32.3 Å². The number of amides is 1. The van der Waals surface area contributed by atoms with Gasteiger partial charge in [0.05, 0.1) is 5.69 Å². The van der Waals surface area contributed by atoms with Crippen molar-refractivity contribution in [1.82, 2.24) is 4.90 Å². The van der Waals surface area contributed by atoms with Crippen molar-refractivity contribution in [3.8, 4) is 0 Å². The van der Waals surface area contributed by atoms with E-state index in [0.29, 0.717) is 11.4 Å². The molecule has 0 aliphatic carbocycles. The molecule has 1 amide bonds. The van der Waals surface area contributed by atoms with E-state index in [4.69, 9.17) is 11.6 Å². The number of likely N-dealkylation sites (tertiary alicyclic amines) is 1. The summed E-state index contributed by atoms with van der Waals surface area (Å²) in [4.78, 5) is 14.2. The molecule has 5 heteroatoms. The number of anilines is 1. The molecule has 1 N–H and O–H groups in total. The Morgan fingerprint density at radius 1 is 1.25 bits per heavy atom. The average molecular weight is 299 g/mol. The molecule has 0 aromatic heterocycles. The molecule has 0 unspecified atom stereocenters. The number of nitrogens with zero attached hydrogens (tertiary/aromatic N) is 1. The largest absolute Gasteiger partial charge is 0.324 e. The highest BCUT2D eigenvalue weighted by Crippen LogP contribution is 2.19. The monoisotopic (exact) mass is 298 g/mol. The highest BCUT2D eigenvalue weighted by Gasteiger charge is 2.12. The Kier molecular flexibility index (Phi) is 5.80. The van der Waals surface area contributed by atoms with Crippen molar-refractivity contribution in [1.29, 1.82) is 0 Å². The second-order valence-corrected chi connectivity index (χ2v) is 5.61. The number of benzene rings is 1. The van der Waals surface area contributed by atoms with Crippen LogP contribution in [-0.2, 0) is 4.79 Å². The lowest BCUT2D eigenvalue weighted by Gasteiger charge is -2.19. The van der Waals surface area contributed by atoms with Gasteiger partial charge in [0.15, 0.2) is 0 Å². The molecule has 1 fully saturated rings. The van der Waals surface area contributed by atoms with Gasteiger partial charge >= 0.3 is 0 Å². The molecular formula is C15H20ClFN2O. The van der Waals surface area contributed by atoms with E-state index >= 15 is 0 Å². The second kappa shape index (κ2) is 7.60. The van der Waals surface area contributed by atoms with Gasteiger partial charge in [0.2, 0.25) is 5.91 Å². The van der Waals surface area contributed by atoms with Gasteiger partial charge in [-0.25, -0.2) is 4.39 Å². The maximum Gasteiger partial charge on any atom is 0.225 e. The van der Waals surface area contributed by atoms with E-state index in [0.717, 1.165) is 19.6 Å². The van der Waals surface area contributed by atoms with Crippen LogP contribution in [-0.4, -0.2) is 30.4 Å². The Bertz CT molecular complexity index is 459. The van der Waals surface area contributed by atoms with Gasteiger partial charge < -0.3 is 10.2 Å². The third-order valence-corrected chi connectivity index (χ3v) is 3.79. The summed E-state index contributed by atoms with van der Waals surface area (Å²) in [5.74, 6) is -0.656. The lowest BCUT2D eigenvalue weighted by molar-refractivity contribution is -0.116. The number of rotatable bonds is 4. The summed E-state index contributed by atoms with van der Waals surface area (Å²) >= 11 is 5.67. The van der Waals surface area contributed by atoms with Crippen LogP contribution >= 0.6 is 11.6 Å². The molecule has 0 spiro atoms. The molecule has 2 rings (SSSR count). The standard InChI is InChI=1S/C15H20ClFN2O/c16-12-5-6-14(13(17)11-12)18-15(20)7-10-19-8-3-1-2-4-9-19/h5-6,11H,1-4,7-10H2,(H,18,20). The number of carbonyl (C=O) groups is 1. The second-order valence-electron chi connectivity index (χ2n) is 5.18. The van der Waals surface area contributed by atoms with E-state index in [1.165, 1.54) is 37.8 Å². The Balaban J connectivity index is 1.79. The molecular weight excluding hydrogens is 279 g/mol. The summed E-state index contributed by atoms with van der Waals surface area (Å²) in [7, 11) is 0. The van der Waals surface area contributed by atoms with E-state index < -0.39 is 5.82 Å². The van der Waals surface area contributed by atoms with Gasteiger partial charge in [0, 0.05) is 18.0 Å². The first-order valence-electron chi connectivity index (χ1n) is 7.12. The fourth-order valence-electron chi connectivity index (χ4n) is 2.42. The molecule has 1 aliphatic heterocycles. The van der Waals surface area contributed by atoms with E-state index in [9.17, 15) is 9.18 Å². The third-order valence-electron chi connectivity index (χ3n) is 3.56. The van der Waals surface area contributed by atoms with Crippen LogP contribution in [0.2, 0.25) is 5.02 Å². The van der Waals surface area contributed by atoms with Crippen molar-refractivity contribution < 1.29 is 9.18 Å². The van der Waals surface area contributed by atoms with E-state index in [1.807, 2.05) is 0 Å². The quantitative estimate of drug-likeness (QED) is 0.919. The Morgan fingerprint density at radius 3 is 2.60 bits per heavy atom. The minimum absolute atomic E-state index is 0.157. The van der Waals surface area contributed by atoms with Gasteiger partial charge in [-0.15, -0.1) is 0 Å². The van der Waals surface area contributed by atoms with Crippen LogP contribution in [0.3, 0.4) is 0 Å². The Labute approximate surface area is 124 Å². The van der Waals surface area contributed by atoms with Crippen molar-refractivity contribution >= 4 is 23.2 Å². The molecule has 1 aliphatic rings. The fourth-order valence-corrected chi connectivity index (χ4v) is 2.58. The first-order valence-corrected chi connectivity index (χ1v) is 7.50. The summed E-state index contributed by atoms with van der Waals surface area (Å²) in [6.45, 7) is 2.85. The van der Waals surface area contributed by atoms with Gasteiger partial charge in [-0.2, -0.15) is 0 Å². The van der Waals surface area contributed by atoms with Gasteiger partial charge in [-0.3, -0.25) is 4.79 Å². The van der Waals surface area contributed by atoms with Crippen molar-refractivity contribution in [2.75, 3.05) is 25.0 Å². The average Bonchev–Trinajstić information content (AvgIpc) is 2.68. The zero-order valence-electron chi connectivity index (χ0n) is 11.5. The summed E-state index contributed by atoms with van der Waals surface area (Å²) in [6, 6.07) is 4.25. The number of nitrogens with one attached hydrogen (secondary N) is 1. The predicted molar refractivity (Wildman–Crippen MR) is 79.6 cm³/mol. The summed E-state index contributed by atoms with van der Waals surface area (Å²) in [5.41, 5.74) is 0.190. The van der Waals surface area contributed by atoms with Crippen molar-refractivity contribution in [3.05, 3.63) is 29.0 Å². The van der Waals surface area contributed by atoms with Gasteiger partial charge in [-0.05, 0) is 44.1 Å². The smallest absolute Gasteiger partial charge is 0.225 e. The molecule has 20 heavy (non-hydrogen) atoms. The first kappa shape index (κ1) is 15.3. The number of hydrogen-bond donors (Lipinski definition) is 1. The van der Waals surface area contributed by atoms with Crippen molar-refractivity contribution in [2.45, 2.75) is 32.1 Å². The minimum Gasteiger partial charge on any atom is -0.324 e. The van der Waals surface area contributed by atoms with Crippen LogP contribution < -0.4 is 5.32 Å². The first-order chi connectivity index (χ1) is 9.65. The molecule has 3 nitrogen and oxygen atoms in total. The van der Waals surface area contributed by atoms with Crippen LogP contribution in [0.5, 0.6) is 0 Å². The molecule has 1 aromatic rings. The van der Waals surface area contributed by atoms with Crippen LogP contribution in [0.25, 0.3) is 0 Å². The maximum atomic E-state index is 13.5. The highest BCUT2D eigenvalue weighted by atomic mass is 35.5. The maximum absolute atomic E-state index is 13.5. The number of halogens is 2. The summed E-state index contributed by atoms with van der Waals surface area (Å²) < 4.78 is 13.5. The highest BCUT2D eigenvalue weighted by molar-refractivity contribution is 6.30. The zero-order valence-corrected chi connectivity index (χ0v) is 12.3. The van der Waals surface area contributed by atoms with Crippen LogP contribution in [0.1, 0.15) is 32.1 Å². The van der Waals surface area contributed by atoms with Crippen LogP contribution in [0.4, 0.5) is 10.1 Å². The minimum atomic E-state index is -0.499. The van der Waals surface area contributed by atoms with Gasteiger partial charge in [-0.1, -0.05) is 24.4 Å². The Morgan fingerprint density at radius 2 is 1.95 bits per heavy atom.